The molecule has 3 heteroatoms. The minimum atomic E-state index is -0.331. The zero-order valence-corrected chi connectivity index (χ0v) is 8.53. The summed E-state index contributed by atoms with van der Waals surface area (Å²) in [5.41, 5.74) is 0.848. The van der Waals surface area contributed by atoms with Crippen LogP contribution in [0.4, 0.5) is 0 Å². The van der Waals surface area contributed by atoms with Crippen molar-refractivity contribution in [1.82, 2.24) is 4.98 Å². The van der Waals surface area contributed by atoms with Gasteiger partial charge in [0.05, 0.1) is 18.9 Å². The first-order chi connectivity index (χ1) is 6.69. The van der Waals surface area contributed by atoms with E-state index < -0.39 is 0 Å². The number of aliphatic hydroxyl groups excluding tert-OH is 1. The van der Waals surface area contributed by atoms with Crippen LogP contribution >= 0.6 is 0 Å². The lowest BCUT2D eigenvalue weighted by atomic mass is 9.95. The van der Waals surface area contributed by atoms with E-state index in [-0.39, 0.29) is 11.5 Å². The molecule has 0 bridgehead atoms. The normalized spacial score (nSPS) is 20.2. The molecular weight excluding hydrogens is 178 g/mol. The quantitative estimate of drug-likeness (QED) is 0.791. The highest BCUT2D eigenvalue weighted by Crippen LogP contribution is 2.50. The molecule has 1 saturated carbocycles. The first-order valence-corrected chi connectivity index (χ1v) is 4.87. The molecule has 1 aliphatic carbocycles. The Hall–Kier alpha value is -1.09. The molecule has 1 N–H and O–H groups in total. The average molecular weight is 193 g/mol. The van der Waals surface area contributed by atoms with Gasteiger partial charge in [-0.05, 0) is 25.8 Å². The van der Waals surface area contributed by atoms with E-state index in [4.69, 9.17) is 4.74 Å². The molecule has 1 aromatic heterocycles. The zero-order valence-electron chi connectivity index (χ0n) is 8.53. The van der Waals surface area contributed by atoms with E-state index >= 15 is 0 Å². The molecule has 0 aliphatic heterocycles. The van der Waals surface area contributed by atoms with Gasteiger partial charge in [-0.1, -0.05) is 0 Å². The Kier molecular flexibility index (Phi) is 2.19. The number of hydrogen-bond donors (Lipinski definition) is 1. The van der Waals surface area contributed by atoms with Crippen molar-refractivity contribution in [2.75, 3.05) is 7.11 Å². The van der Waals surface area contributed by atoms with Crippen LogP contribution in [0.15, 0.2) is 18.3 Å². The molecule has 0 amide bonds. The molecule has 3 nitrogen and oxygen atoms in total. The van der Waals surface area contributed by atoms with E-state index in [1.165, 1.54) is 0 Å². The summed E-state index contributed by atoms with van der Waals surface area (Å²) in [6.07, 6.45) is 3.44. The van der Waals surface area contributed by atoms with Gasteiger partial charge in [0.25, 0.3) is 0 Å². The lowest BCUT2D eigenvalue weighted by Crippen LogP contribution is -2.23. The molecule has 14 heavy (non-hydrogen) atoms. The summed E-state index contributed by atoms with van der Waals surface area (Å²) >= 11 is 0. The molecule has 0 saturated heterocycles. The molecule has 1 fully saturated rings. The first-order valence-electron chi connectivity index (χ1n) is 4.87. The Bertz CT molecular complexity index is 332. The van der Waals surface area contributed by atoms with Gasteiger partial charge >= 0.3 is 0 Å². The molecule has 0 radical (unpaired) electrons. The summed E-state index contributed by atoms with van der Waals surface area (Å²) in [5, 5.41) is 9.68. The lowest BCUT2D eigenvalue weighted by molar-refractivity contribution is 0.148. The maximum Gasteiger partial charge on any atom is 0.122 e. The number of rotatable bonds is 3. The van der Waals surface area contributed by atoms with Crippen molar-refractivity contribution in [1.29, 1.82) is 0 Å². The smallest absolute Gasteiger partial charge is 0.122 e. The lowest BCUT2D eigenvalue weighted by Gasteiger charge is -2.18. The molecule has 0 spiro atoms. The standard InChI is InChI=1S/C11H15NO2/c1-8(13)11(4-5-11)10-7-9(14-2)3-6-12-10/h3,6-8,13H,4-5H2,1-2H3. The SMILES string of the molecule is COc1ccnc(C2(C(C)O)CC2)c1. The highest BCUT2D eigenvalue weighted by molar-refractivity contribution is 5.32. The van der Waals surface area contributed by atoms with E-state index in [1.54, 1.807) is 13.3 Å². The van der Waals surface area contributed by atoms with Gasteiger partial charge < -0.3 is 9.84 Å². The number of hydrogen-bond acceptors (Lipinski definition) is 3. The summed E-state index contributed by atoms with van der Waals surface area (Å²) in [4.78, 5) is 4.30. The molecule has 1 atom stereocenters. The van der Waals surface area contributed by atoms with Crippen LogP contribution in [0.2, 0.25) is 0 Å². The number of ether oxygens (including phenoxy) is 1. The zero-order chi connectivity index (χ0) is 10.2. The van der Waals surface area contributed by atoms with Crippen LogP contribution in [-0.4, -0.2) is 23.3 Å². The maximum atomic E-state index is 9.68. The van der Waals surface area contributed by atoms with Crippen molar-refractivity contribution in [2.45, 2.75) is 31.3 Å². The summed E-state index contributed by atoms with van der Waals surface area (Å²) in [5.74, 6) is 0.807. The van der Waals surface area contributed by atoms with E-state index in [0.29, 0.717) is 0 Å². The number of nitrogens with zero attached hydrogens (tertiary/aromatic N) is 1. The van der Waals surface area contributed by atoms with Gasteiger partial charge in [-0.2, -0.15) is 0 Å². The monoisotopic (exact) mass is 193 g/mol. The van der Waals surface area contributed by atoms with Crippen LogP contribution in [0.25, 0.3) is 0 Å². The van der Waals surface area contributed by atoms with Crippen LogP contribution in [0.1, 0.15) is 25.5 Å². The van der Waals surface area contributed by atoms with Crippen LogP contribution in [-0.2, 0) is 5.41 Å². The topological polar surface area (TPSA) is 42.4 Å². The predicted molar refractivity (Wildman–Crippen MR) is 53.4 cm³/mol. The van der Waals surface area contributed by atoms with Crippen molar-refractivity contribution in [3.8, 4) is 5.75 Å². The molecule has 76 valence electrons. The van der Waals surface area contributed by atoms with E-state index in [0.717, 1.165) is 24.3 Å². The van der Waals surface area contributed by atoms with Crippen molar-refractivity contribution in [3.63, 3.8) is 0 Å². The third kappa shape index (κ3) is 1.38. The Morgan fingerprint density at radius 1 is 1.57 bits per heavy atom. The fourth-order valence-electron chi connectivity index (χ4n) is 1.83. The number of pyridine rings is 1. The molecular formula is C11H15NO2. The Morgan fingerprint density at radius 3 is 2.79 bits per heavy atom. The largest absolute Gasteiger partial charge is 0.497 e. The summed E-state index contributed by atoms with van der Waals surface area (Å²) in [7, 11) is 1.64. The minimum Gasteiger partial charge on any atom is -0.497 e. The number of aliphatic hydroxyl groups is 1. The maximum absolute atomic E-state index is 9.68. The minimum absolute atomic E-state index is 0.103. The molecule has 2 rings (SSSR count). The van der Waals surface area contributed by atoms with E-state index in [9.17, 15) is 5.11 Å². The number of aromatic nitrogens is 1. The van der Waals surface area contributed by atoms with Crippen molar-refractivity contribution < 1.29 is 9.84 Å². The Morgan fingerprint density at radius 2 is 2.29 bits per heavy atom. The van der Waals surface area contributed by atoms with Gasteiger partial charge in [0.1, 0.15) is 5.75 Å². The van der Waals surface area contributed by atoms with Crippen LogP contribution in [0, 0.1) is 0 Å². The third-order valence-corrected chi connectivity index (χ3v) is 3.07. The molecule has 0 aromatic carbocycles. The van der Waals surface area contributed by atoms with Gasteiger partial charge in [-0.3, -0.25) is 4.98 Å². The van der Waals surface area contributed by atoms with Crippen molar-refractivity contribution >= 4 is 0 Å². The Balaban J connectivity index is 2.32. The van der Waals surface area contributed by atoms with E-state index in [1.807, 2.05) is 19.1 Å². The van der Waals surface area contributed by atoms with Gasteiger partial charge in [-0.15, -0.1) is 0 Å². The summed E-state index contributed by atoms with van der Waals surface area (Å²) in [6.45, 7) is 1.83. The highest BCUT2D eigenvalue weighted by atomic mass is 16.5. The van der Waals surface area contributed by atoms with Gasteiger partial charge in [0.2, 0.25) is 0 Å². The molecule has 1 heterocycles. The third-order valence-electron chi connectivity index (χ3n) is 3.07. The number of methoxy groups -OCH3 is 1. The van der Waals surface area contributed by atoms with E-state index in [2.05, 4.69) is 4.98 Å². The van der Waals surface area contributed by atoms with Crippen LogP contribution < -0.4 is 4.74 Å². The molecule has 1 unspecified atom stereocenters. The average Bonchev–Trinajstić information content (AvgIpc) is 2.98. The fourth-order valence-corrected chi connectivity index (χ4v) is 1.83. The second kappa shape index (κ2) is 3.24. The van der Waals surface area contributed by atoms with Gasteiger partial charge in [0, 0.05) is 17.7 Å². The summed E-state index contributed by atoms with van der Waals surface area (Å²) in [6, 6.07) is 3.74. The van der Waals surface area contributed by atoms with Crippen LogP contribution in [0.5, 0.6) is 5.75 Å². The highest BCUT2D eigenvalue weighted by Gasteiger charge is 2.49. The van der Waals surface area contributed by atoms with Crippen molar-refractivity contribution in [2.24, 2.45) is 0 Å². The fraction of sp³-hybridized carbons (Fsp3) is 0.545. The molecule has 1 aliphatic rings. The first kappa shape index (κ1) is 9.46. The van der Waals surface area contributed by atoms with Crippen molar-refractivity contribution in [3.05, 3.63) is 24.0 Å². The Labute approximate surface area is 83.7 Å². The van der Waals surface area contributed by atoms with Gasteiger partial charge in [-0.25, -0.2) is 0 Å². The molecule has 1 aromatic rings. The second-order valence-corrected chi connectivity index (χ2v) is 3.91. The second-order valence-electron chi connectivity index (χ2n) is 3.91. The summed E-state index contributed by atoms with van der Waals surface area (Å²) < 4.78 is 5.14. The predicted octanol–water partition coefficient (Wildman–Crippen LogP) is 1.50. The van der Waals surface area contributed by atoms with Gasteiger partial charge in [0.15, 0.2) is 0 Å². The van der Waals surface area contributed by atoms with Crippen LogP contribution in [0.3, 0.4) is 0 Å².